The van der Waals surface area contributed by atoms with Gasteiger partial charge in [-0.3, -0.25) is 4.79 Å². The van der Waals surface area contributed by atoms with Gasteiger partial charge in [0, 0.05) is 5.56 Å². The first-order chi connectivity index (χ1) is 10.1. The van der Waals surface area contributed by atoms with Crippen LogP contribution in [0.15, 0.2) is 42.5 Å². The zero-order valence-corrected chi connectivity index (χ0v) is 12.2. The van der Waals surface area contributed by atoms with E-state index in [9.17, 15) is 4.79 Å². The van der Waals surface area contributed by atoms with Crippen molar-refractivity contribution < 1.29 is 9.53 Å². The second-order valence-electron chi connectivity index (χ2n) is 4.95. The Hall–Kier alpha value is -2.60. The highest BCUT2D eigenvalue weighted by molar-refractivity contribution is 5.99. The van der Waals surface area contributed by atoms with Gasteiger partial charge in [-0.1, -0.05) is 30.3 Å². The maximum absolute atomic E-state index is 11.8. The van der Waals surface area contributed by atoms with E-state index in [1.807, 2.05) is 44.2 Å². The quantitative estimate of drug-likeness (QED) is 0.612. The van der Waals surface area contributed by atoms with Crippen molar-refractivity contribution in [3.8, 4) is 5.75 Å². The lowest BCUT2D eigenvalue weighted by atomic mass is 10.0. The number of ketones is 1. The van der Waals surface area contributed by atoms with E-state index in [1.54, 1.807) is 12.1 Å². The van der Waals surface area contributed by atoms with Crippen LogP contribution in [-0.4, -0.2) is 12.3 Å². The molecule has 0 spiro atoms. The zero-order valence-electron chi connectivity index (χ0n) is 12.2. The predicted octanol–water partition coefficient (Wildman–Crippen LogP) is 3.98. The number of carbonyl (C=O) groups excluding carboxylic acids is 1. The second kappa shape index (κ2) is 6.71. The number of hydrogen-bond donors (Lipinski definition) is 0. The van der Waals surface area contributed by atoms with E-state index < -0.39 is 0 Å². The van der Waals surface area contributed by atoms with Crippen LogP contribution < -0.4 is 4.74 Å². The molecule has 2 aromatic carbocycles. The molecule has 0 saturated heterocycles. The van der Waals surface area contributed by atoms with E-state index in [-0.39, 0.29) is 12.3 Å². The third kappa shape index (κ3) is 3.70. The molecule has 0 amide bonds. The normalized spacial score (nSPS) is 9.95. The fraction of sp³-hybridized carbons (Fsp3) is 0.222. The molecule has 0 aliphatic heterocycles. The number of aryl methyl sites for hydroxylation is 2. The summed E-state index contributed by atoms with van der Waals surface area (Å²) in [5.74, 6) is 0.657. The maximum atomic E-state index is 11.8. The van der Waals surface area contributed by atoms with Crippen LogP contribution >= 0.6 is 0 Å². The molecule has 0 N–H and O–H groups in total. The minimum absolute atomic E-state index is 0.108. The molecule has 0 fully saturated rings. The van der Waals surface area contributed by atoms with Gasteiger partial charge in [0.2, 0.25) is 5.78 Å². The van der Waals surface area contributed by atoms with Crippen molar-refractivity contribution in [2.45, 2.75) is 20.5 Å². The third-order valence-corrected chi connectivity index (χ3v) is 3.23. The molecule has 0 radical (unpaired) electrons. The summed E-state index contributed by atoms with van der Waals surface area (Å²) in [6, 6.07) is 13.5. The highest BCUT2D eigenvalue weighted by atomic mass is 16.5. The molecule has 0 heterocycles. The van der Waals surface area contributed by atoms with Gasteiger partial charge in [0.1, 0.15) is 12.4 Å². The molecule has 0 saturated carbocycles. The van der Waals surface area contributed by atoms with Crippen LogP contribution in [0.4, 0.5) is 0 Å². The van der Waals surface area contributed by atoms with Crippen molar-refractivity contribution in [1.29, 1.82) is 0 Å². The molecule has 3 heteroatoms. The molecule has 106 valence electrons. The number of carbonyl (C=O) groups is 1. The van der Waals surface area contributed by atoms with Crippen LogP contribution in [0.5, 0.6) is 5.75 Å². The van der Waals surface area contributed by atoms with Gasteiger partial charge in [-0.25, -0.2) is 6.57 Å². The average molecular weight is 279 g/mol. The van der Waals surface area contributed by atoms with Gasteiger partial charge in [0.15, 0.2) is 0 Å². The highest BCUT2D eigenvalue weighted by Gasteiger charge is 2.13. The van der Waals surface area contributed by atoms with Crippen molar-refractivity contribution in [1.82, 2.24) is 0 Å². The van der Waals surface area contributed by atoms with Gasteiger partial charge in [-0.2, -0.15) is 0 Å². The number of rotatable bonds is 5. The summed E-state index contributed by atoms with van der Waals surface area (Å²) in [7, 11) is 0. The smallest absolute Gasteiger partial charge is 0.276 e. The number of hydrogen-bond acceptors (Lipinski definition) is 2. The van der Waals surface area contributed by atoms with Crippen molar-refractivity contribution in [3.63, 3.8) is 0 Å². The summed E-state index contributed by atoms with van der Waals surface area (Å²) < 4.78 is 5.88. The molecule has 0 bridgehead atoms. The molecular weight excluding hydrogens is 262 g/mol. The topological polar surface area (TPSA) is 30.7 Å². The standard InChI is InChI=1S/C18H17NO2/c1-13-9-16(17(20)11-19-3)10-14(2)18(13)21-12-15-7-5-4-6-8-15/h4-10H,11-12H2,1-2H3. The molecular formula is C18H17NO2. The number of Topliss-reactive ketones (excluding diaryl/α,β-unsaturated/α-hetero) is 1. The summed E-state index contributed by atoms with van der Waals surface area (Å²) in [4.78, 5) is 14.9. The van der Waals surface area contributed by atoms with Gasteiger partial charge in [0.25, 0.3) is 6.54 Å². The molecule has 2 rings (SSSR count). The number of benzene rings is 2. The van der Waals surface area contributed by atoms with E-state index in [4.69, 9.17) is 11.3 Å². The van der Waals surface area contributed by atoms with E-state index in [2.05, 4.69) is 4.85 Å². The molecule has 3 nitrogen and oxygen atoms in total. The fourth-order valence-corrected chi connectivity index (χ4v) is 2.23. The first kappa shape index (κ1) is 14.8. The maximum Gasteiger partial charge on any atom is 0.276 e. The molecule has 0 atom stereocenters. The minimum Gasteiger partial charge on any atom is -0.488 e. The fourth-order valence-electron chi connectivity index (χ4n) is 2.23. The molecule has 2 aromatic rings. The van der Waals surface area contributed by atoms with E-state index >= 15 is 0 Å². The van der Waals surface area contributed by atoms with Crippen LogP contribution in [0.2, 0.25) is 0 Å². The van der Waals surface area contributed by atoms with Crippen LogP contribution in [-0.2, 0) is 6.61 Å². The zero-order chi connectivity index (χ0) is 15.2. The lowest BCUT2D eigenvalue weighted by Crippen LogP contribution is -2.05. The first-order valence-electron chi connectivity index (χ1n) is 6.76. The SMILES string of the molecule is [C-]#[N+]CC(=O)c1cc(C)c(OCc2ccccc2)c(C)c1. The summed E-state index contributed by atoms with van der Waals surface area (Å²) >= 11 is 0. The van der Waals surface area contributed by atoms with Crippen LogP contribution in [0.3, 0.4) is 0 Å². The summed E-state index contributed by atoms with van der Waals surface area (Å²) in [5.41, 5.74) is 3.51. The Morgan fingerprint density at radius 3 is 2.33 bits per heavy atom. The summed E-state index contributed by atoms with van der Waals surface area (Å²) in [6.45, 7) is 11.0. The monoisotopic (exact) mass is 279 g/mol. The number of ether oxygens (including phenoxy) is 1. The van der Waals surface area contributed by atoms with Gasteiger partial charge in [0.05, 0.1) is 0 Å². The second-order valence-corrected chi connectivity index (χ2v) is 4.95. The van der Waals surface area contributed by atoms with Gasteiger partial charge >= 0.3 is 0 Å². The predicted molar refractivity (Wildman–Crippen MR) is 82.5 cm³/mol. The summed E-state index contributed by atoms with van der Waals surface area (Å²) in [6.07, 6.45) is 0. The van der Waals surface area contributed by atoms with E-state index in [1.165, 1.54) is 0 Å². The Balaban J connectivity index is 2.18. The van der Waals surface area contributed by atoms with E-state index in [0.717, 1.165) is 22.4 Å². The minimum atomic E-state index is -0.147. The Morgan fingerprint density at radius 1 is 1.14 bits per heavy atom. The molecule has 0 aromatic heterocycles. The molecule has 0 aliphatic carbocycles. The molecule has 0 unspecified atom stereocenters. The molecule has 21 heavy (non-hydrogen) atoms. The average Bonchev–Trinajstić information content (AvgIpc) is 2.47. The third-order valence-electron chi connectivity index (χ3n) is 3.23. The Bertz CT molecular complexity index is 661. The van der Waals surface area contributed by atoms with Gasteiger partial charge in [-0.05, 0) is 42.7 Å². The molecule has 0 aliphatic rings. The Morgan fingerprint density at radius 2 is 1.76 bits per heavy atom. The van der Waals surface area contributed by atoms with Gasteiger partial charge in [-0.15, -0.1) is 0 Å². The largest absolute Gasteiger partial charge is 0.488 e. The van der Waals surface area contributed by atoms with Crippen molar-refractivity contribution in [2.24, 2.45) is 0 Å². The Kier molecular flexibility index (Phi) is 4.73. The highest BCUT2D eigenvalue weighted by Crippen LogP contribution is 2.26. The lowest BCUT2D eigenvalue weighted by Gasteiger charge is -2.13. The number of nitrogens with zero attached hydrogens (tertiary/aromatic N) is 1. The van der Waals surface area contributed by atoms with E-state index in [0.29, 0.717) is 12.2 Å². The van der Waals surface area contributed by atoms with Crippen molar-refractivity contribution >= 4 is 5.78 Å². The van der Waals surface area contributed by atoms with Crippen LogP contribution in [0.25, 0.3) is 4.85 Å². The lowest BCUT2D eigenvalue weighted by molar-refractivity contribution is 0.101. The van der Waals surface area contributed by atoms with Gasteiger partial charge < -0.3 is 9.58 Å². The van der Waals surface area contributed by atoms with Crippen LogP contribution in [0.1, 0.15) is 27.0 Å². The van der Waals surface area contributed by atoms with Crippen LogP contribution in [0, 0.1) is 20.4 Å². The Labute approximate surface area is 125 Å². The summed E-state index contributed by atoms with van der Waals surface area (Å²) in [5, 5.41) is 0. The van der Waals surface area contributed by atoms with Crippen molar-refractivity contribution in [3.05, 3.63) is 76.1 Å². The van der Waals surface area contributed by atoms with Crippen molar-refractivity contribution in [2.75, 3.05) is 6.54 Å². The first-order valence-corrected chi connectivity index (χ1v) is 6.76.